The second-order valence-electron chi connectivity index (χ2n) is 9.75. The van der Waals surface area contributed by atoms with Crippen LogP contribution in [0, 0.1) is 18.6 Å². The number of benzene rings is 3. The minimum atomic E-state index is -1.20. The van der Waals surface area contributed by atoms with Gasteiger partial charge in [0.05, 0.1) is 35.5 Å². The van der Waals surface area contributed by atoms with Crippen LogP contribution in [-0.2, 0) is 23.5 Å². The highest BCUT2D eigenvalue weighted by molar-refractivity contribution is 6.42. The van der Waals surface area contributed by atoms with E-state index in [9.17, 15) is 8.78 Å². The van der Waals surface area contributed by atoms with Crippen molar-refractivity contribution in [1.82, 2.24) is 19.7 Å². The highest BCUT2D eigenvalue weighted by Gasteiger charge is 2.44. The molecule has 0 amide bonds. The molecule has 6 rings (SSSR count). The van der Waals surface area contributed by atoms with Gasteiger partial charge in [0.2, 0.25) is 0 Å². The molecule has 41 heavy (non-hydrogen) atoms. The second kappa shape index (κ2) is 10.9. The summed E-state index contributed by atoms with van der Waals surface area (Å²) in [5.41, 5.74) is 1.50. The highest BCUT2D eigenvalue weighted by atomic mass is 35.5. The lowest BCUT2D eigenvalue weighted by molar-refractivity contribution is -0.0546. The van der Waals surface area contributed by atoms with Gasteiger partial charge < -0.3 is 18.5 Å². The zero-order chi connectivity index (χ0) is 28.7. The largest absolute Gasteiger partial charge is 0.496 e. The number of aryl methyl sites for hydroxylation is 1. The lowest BCUT2D eigenvalue weighted by atomic mass is 9.85. The standard InChI is InChI=1S/C30H24Cl2F2N4O3/c1-17-35-15-27(41-17)21-7-5-19(13-26(21)39-2)28-36-37-29-30(10-3-11-38(28)29,20-6-9-24(33)25(34)14-20)40-16-18-4-8-22(31)23(32)12-18/h4-9,12-15H,3,10-11,16H2,1-2H3. The number of aromatic nitrogens is 4. The van der Waals surface area contributed by atoms with Crippen LogP contribution in [0.15, 0.2) is 65.2 Å². The van der Waals surface area contributed by atoms with Crippen molar-refractivity contribution in [3.63, 3.8) is 0 Å². The molecule has 2 aromatic heterocycles. The first-order chi connectivity index (χ1) is 19.8. The molecule has 0 spiro atoms. The topological polar surface area (TPSA) is 75.2 Å². The van der Waals surface area contributed by atoms with Crippen molar-refractivity contribution in [2.45, 2.75) is 38.5 Å². The molecule has 3 heterocycles. The number of halogens is 4. The molecular weight excluding hydrogens is 573 g/mol. The van der Waals surface area contributed by atoms with Crippen LogP contribution in [0.4, 0.5) is 8.78 Å². The predicted octanol–water partition coefficient (Wildman–Crippen LogP) is 7.76. The zero-order valence-corrected chi connectivity index (χ0v) is 23.6. The number of hydrogen-bond donors (Lipinski definition) is 0. The predicted molar refractivity (Wildman–Crippen MR) is 150 cm³/mol. The molecule has 0 radical (unpaired) electrons. The summed E-state index contributed by atoms with van der Waals surface area (Å²) in [5, 5.41) is 9.89. The summed E-state index contributed by atoms with van der Waals surface area (Å²) in [7, 11) is 1.58. The van der Waals surface area contributed by atoms with Gasteiger partial charge in [0.25, 0.3) is 0 Å². The zero-order valence-electron chi connectivity index (χ0n) is 22.1. The summed E-state index contributed by atoms with van der Waals surface area (Å²) < 4.78 is 48.4. The SMILES string of the molecule is COc1cc(-c2nnc3n2CCCC3(OCc2ccc(Cl)c(Cl)c2)c2ccc(F)c(F)c2)ccc1-c1cnc(C)o1. The maximum atomic E-state index is 14.5. The van der Waals surface area contributed by atoms with Gasteiger partial charge in [0, 0.05) is 19.0 Å². The Morgan fingerprint density at radius 1 is 1.00 bits per heavy atom. The van der Waals surface area contributed by atoms with Gasteiger partial charge in [-0.15, -0.1) is 10.2 Å². The van der Waals surface area contributed by atoms with Crippen LogP contribution in [0.5, 0.6) is 5.75 Å². The third kappa shape index (κ3) is 4.98. The minimum Gasteiger partial charge on any atom is -0.496 e. The average Bonchev–Trinajstić information content (AvgIpc) is 3.61. The monoisotopic (exact) mass is 596 g/mol. The number of ether oxygens (including phenoxy) is 2. The minimum absolute atomic E-state index is 0.122. The maximum absolute atomic E-state index is 14.5. The molecule has 1 aliphatic heterocycles. The van der Waals surface area contributed by atoms with Crippen molar-refractivity contribution in [3.05, 3.63) is 105 Å². The Kier molecular flexibility index (Phi) is 7.27. The Balaban J connectivity index is 1.44. The van der Waals surface area contributed by atoms with Crippen molar-refractivity contribution in [2.75, 3.05) is 7.11 Å². The quantitative estimate of drug-likeness (QED) is 0.191. The van der Waals surface area contributed by atoms with Crippen LogP contribution in [0.1, 0.15) is 35.7 Å². The fourth-order valence-electron chi connectivity index (χ4n) is 5.22. The molecule has 0 N–H and O–H groups in total. The molecular formula is C30H24Cl2F2N4O3. The summed E-state index contributed by atoms with van der Waals surface area (Å²) in [6.07, 6.45) is 2.79. The third-order valence-corrected chi connectivity index (χ3v) is 7.96. The normalized spacial score (nSPS) is 16.5. The van der Waals surface area contributed by atoms with Gasteiger partial charge in [-0.25, -0.2) is 13.8 Å². The van der Waals surface area contributed by atoms with Crippen LogP contribution in [0.25, 0.3) is 22.7 Å². The van der Waals surface area contributed by atoms with E-state index in [1.165, 1.54) is 6.07 Å². The molecule has 3 aromatic carbocycles. The third-order valence-electron chi connectivity index (χ3n) is 7.22. The molecule has 0 fully saturated rings. The van der Waals surface area contributed by atoms with E-state index >= 15 is 0 Å². The molecule has 11 heteroatoms. The lowest BCUT2D eigenvalue weighted by Crippen LogP contribution is -2.38. The van der Waals surface area contributed by atoms with E-state index in [1.54, 1.807) is 38.4 Å². The molecule has 1 unspecified atom stereocenters. The van der Waals surface area contributed by atoms with E-state index in [0.717, 1.165) is 28.8 Å². The number of oxazole rings is 1. The van der Waals surface area contributed by atoms with Crippen LogP contribution in [-0.4, -0.2) is 26.9 Å². The number of hydrogen-bond acceptors (Lipinski definition) is 6. The van der Waals surface area contributed by atoms with Crippen molar-refractivity contribution in [2.24, 2.45) is 0 Å². The summed E-state index contributed by atoms with van der Waals surface area (Å²) in [5.74, 6) is 0.867. The van der Waals surface area contributed by atoms with Gasteiger partial charge in [-0.3, -0.25) is 0 Å². The van der Waals surface area contributed by atoms with Crippen LogP contribution in [0.2, 0.25) is 10.0 Å². The van der Waals surface area contributed by atoms with Crippen molar-refractivity contribution < 1.29 is 22.7 Å². The van der Waals surface area contributed by atoms with Gasteiger partial charge >= 0.3 is 0 Å². The number of nitrogens with zero attached hydrogens (tertiary/aromatic N) is 4. The van der Waals surface area contributed by atoms with Gasteiger partial charge in [-0.2, -0.15) is 0 Å². The average molecular weight is 597 g/mol. The summed E-state index contributed by atoms with van der Waals surface area (Å²) >= 11 is 12.3. The second-order valence-corrected chi connectivity index (χ2v) is 10.6. The molecule has 210 valence electrons. The van der Waals surface area contributed by atoms with E-state index < -0.39 is 17.2 Å². The molecule has 7 nitrogen and oxygen atoms in total. The van der Waals surface area contributed by atoms with Crippen molar-refractivity contribution in [3.8, 4) is 28.5 Å². The van der Waals surface area contributed by atoms with E-state index in [-0.39, 0.29) is 6.61 Å². The molecule has 0 bridgehead atoms. The number of fused-ring (bicyclic) bond motifs is 1. The molecule has 5 aromatic rings. The Labute approximate surface area is 244 Å². The smallest absolute Gasteiger partial charge is 0.191 e. The molecule has 1 atom stereocenters. The first-order valence-corrected chi connectivity index (χ1v) is 13.6. The van der Waals surface area contributed by atoms with Gasteiger partial charge in [-0.05, 0) is 60.4 Å². The summed E-state index contributed by atoms with van der Waals surface area (Å²) in [4.78, 5) is 4.18. The Hall–Kier alpha value is -3.79. The molecule has 0 saturated heterocycles. The van der Waals surface area contributed by atoms with Gasteiger partial charge in [-0.1, -0.05) is 41.4 Å². The van der Waals surface area contributed by atoms with E-state index in [1.807, 2.05) is 22.8 Å². The highest BCUT2D eigenvalue weighted by Crippen LogP contribution is 2.44. The first-order valence-electron chi connectivity index (χ1n) is 12.9. The van der Waals surface area contributed by atoms with E-state index in [2.05, 4.69) is 15.2 Å². The molecule has 1 aliphatic rings. The maximum Gasteiger partial charge on any atom is 0.191 e. The lowest BCUT2D eigenvalue weighted by Gasteiger charge is -2.37. The van der Waals surface area contributed by atoms with Gasteiger partial charge in [0.15, 0.2) is 40.5 Å². The number of methoxy groups -OCH3 is 1. The summed E-state index contributed by atoms with van der Waals surface area (Å²) in [6, 6.07) is 14.6. The Morgan fingerprint density at radius 3 is 2.59 bits per heavy atom. The van der Waals surface area contributed by atoms with E-state index in [0.29, 0.717) is 64.0 Å². The van der Waals surface area contributed by atoms with Crippen molar-refractivity contribution >= 4 is 23.2 Å². The first kappa shape index (κ1) is 27.4. The fraction of sp³-hybridized carbons (Fsp3) is 0.233. The fourth-order valence-corrected chi connectivity index (χ4v) is 5.54. The molecule has 0 aliphatic carbocycles. The van der Waals surface area contributed by atoms with E-state index in [4.69, 9.17) is 37.1 Å². The summed E-state index contributed by atoms with van der Waals surface area (Å²) in [6.45, 7) is 2.50. The van der Waals surface area contributed by atoms with Crippen molar-refractivity contribution in [1.29, 1.82) is 0 Å². The molecule has 0 saturated carbocycles. The number of rotatable bonds is 7. The Morgan fingerprint density at radius 2 is 1.85 bits per heavy atom. The van der Waals surface area contributed by atoms with Crippen LogP contribution >= 0.6 is 23.2 Å². The van der Waals surface area contributed by atoms with Crippen LogP contribution in [0.3, 0.4) is 0 Å². The Bertz CT molecular complexity index is 1760. The van der Waals surface area contributed by atoms with Gasteiger partial charge in [0.1, 0.15) is 5.75 Å². The van der Waals surface area contributed by atoms with Crippen LogP contribution < -0.4 is 4.74 Å².